The summed E-state index contributed by atoms with van der Waals surface area (Å²) in [5.74, 6) is -0.513. The van der Waals surface area contributed by atoms with Crippen molar-refractivity contribution >= 4 is 16.0 Å². The Morgan fingerprint density at radius 1 is 1.16 bits per heavy atom. The van der Waals surface area contributed by atoms with E-state index in [1.165, 1.54) is 21.1 Å². The second kappa shape index (κ2) is 7.41. The number of sulfonamides is 1. The van der Waals surface area contributed by atoms with E-state index in [9.17, 15) is 13.2 Å². The first kappa shape index (κ1) is 17.7. The smallest absolute Gasteiger partial charge is 0.354 e. The molecule has 0 amide bonds. The molecule has 2 aromatic rings. The third-order valence-corrected chi connectivity index (χ3v) is 6.22. The van der Waals surface area contributed by atoms with Crippen LogP contribution in [-0.2, 0) is 28.2 Å². The van der Waals surface area contributed by atoms with Crippen molar-refractivity contribution in [1.29, 1.82) is 0 Å². The first-order valence-electron chi connectivity index (χ1n) is 8.36. The maximum atomic E-state index is 12.6. The van der Waals surface area contributed by atoms with Crippen LogP contribution in [0.4, 0.5) is 0 Å². The third-order valence-electron chi connectivity index (χ3n) is 4.36. The van der Waals surface area contributed by atoms with E-state index >= 15 is 0 Å². The van der Waals surface area contributed by atoms with Gasteiger partial charge < -0.3 is 9.30 Å². The van der Waals surface area contributed by atoms with Crippen LogP contribution < -0.4 is 0 Å². The minimum Gasteiger partial charge on any atom is -0.461 e. The molecule has 0 unspecified atom stereocenters. The molecule has 6 nitrogen and oxygen atoms in total. The van der Waals surface area contributed by atoms with Gasteiger partial charge >= 0.3 is 5.97 Å². The van der Waals surface area contributed by atoms with Crippen molar-refractivity contribution in [3.05, 3.63) is 53.9 Å². The van der Waals surface area contributed by atoms with Crippen LogP contribution in [-0.4, -0.2) is 43.0 Å². The van der Waals surface area contributed by atoms with Crippen molar-refractivity contribution in [3.8, 4) is 0 Å². The summed E-state index contributed by atoms with van der Waals surface area (Å²) in [5, 5.41) is 0. The number of benzene rings is 1. The molecular formula is C18H22N2O4S. The van der Waals surface area contributed by atoms with Gasteiger partial charge in [0.1, 0.15) is 10.6 Å². The topological polar surface area (TPSA) is 68.6 Å². The third kappa shape index (κ3) is 3.93. The fourth-order valence-electron chi connectivity index (χ4n) is 2.94. The van der Waals surface area contributed by atoms with Gasteiger partial charge in [-0.1, -0.05) is 30.3 Å². The summed E-state index contributed by atoms with van der Waals surface area (Å²) < 4.78 is 33.4. The molecule has 1 aliphatic heterocycles. The lowest BCUT2D eigenvalue weighted by Gasteiger charge is -2.13. The number of carbonyl (C=O) groups excluding carboxylic acids is 1. The zero-order chi connectivity index (χ0) is 17.9. The van der Waals surface area contributed by atoms with Crippen molar-refractivity contribution in [2.75, 3.05) is 19.7 Å². The molecule has 1 saturated heterocycles. The summed E-state index contributed by atoms with van der Waals surface area (Å²) in [4.78, 5) is 12.4. The van der Waals surface area contributed by atoms with Gasteiger partial charge in [0.05, 0.1) is 6.61 Å². The fourth-order valence-corrected chi connectivity index (χ4v) is 4.52. The summed E-state index contributed by atoms with van der Waals surface area (Å²) in [5.41, 5.74) is 1.32. The molecule has 134 valence electrons. The number of hydrogen-bond donors (Lipinski definition) is 0. The van der Waals surface area contributed by atoms with E-state index < -0.39 is 16.0 Å². The van der Waals surface area contributed by atoms with Gasteiger partial charge in [0.25, 0.3) is 0 Å². The highest BCUT2D eigenvalue weighted by atomic mass is 32.2. The molecule has 1 fully saturated rings. The number of ether oxygens (including phenoxy) is 1. The van der Waals surface area contributed by atoms with Crippen LogP contribution in [0.3, 0.4) is 0 Å². The highest BCUT2D eigenvalue weighted by molar-refractivity contribution is 7.89. The highest BCUT2D eigenvalue weighted by Crippen LogP contribution is 2.22. The molecule has 25 heavy (non-hydrogen) atoms. The van der Waals surface area contributed by atoms with Crippen LogP contribution in [0.2, 0.25) is 0 Å². The molecule has 0 radical (unpaired) electrons. The normalized spacial score (nSPS) is 15.4. The molecule has 3 rings (SSSR count). The zero-order valence-corrected chi connectivity index (χ0v) is 15.0. The Balaban J connectivity index is 1.66. The summed E-state index contributed by atoms with van der Waals surface area (Å²) in [6.45, 7) is 1.32. The lowest BCUT2D eigenvalue weighted by molar-refractivity contribution is 0.0498. The van der Waals surface area contributed by atoms with Crippen molar-refractivity contribution in [2.24, 2.45) is 7.05 Å². The first-order chi connectivity index (χ1) is 12.0. The number of aryl methyl sites for hydroxylation is 1. The van der Waals surface area contributed by atoms with Crippen molar-refractivity contribution in [2.45, 2.75) is 24.2 Å². The molecule has 1 aliphatic rings. The van der Waals surface area contributed by atoms with Gasteiger partial charge in [-0.05, 0) is 24.5 Å². The van der Waals surface area contributed by atoms with E-state index in [2.05, 4.69) is 0 Å². The van der Waals surface area contributed by atoms with Gasteiger partial charge in [-0.15, -0.1) is 0 Å². The number of nitrogens with zero attached hydrogens (tertiary/aromatic N) is 2. The van der Waals surface area contributed by atoms with Crippen LogP contribution in [0.15, 0.2) is 47.5 Å². The predicted molar refractivity (Wildman–Crippen MR) is 93.8 cm³/mol. The van der Waals surface area contributed by atoms with E-state index in [-0.39, 0.29) is 17.2 Å². The van der Waals surface area contributed by atoms with Crippen LogP contribution in [0.1, 0.15) is 28.9 Å². The van der Waals surface area contributed by atoms with Gasteiger partial charge in [0.15, 0.2) is 0 Å². The molecule has 0 spiro atoms. The second-order valence-corrected chi connectivity index (χ2v) is 8.09. The molecule has 0 N–H and O–H groups in total. The molecular weight excluding hydrogens is 340 g/mol. The van der Waals surface area contributed by atoms with Crippen LogP contribution in [0.25, 0.3) is 0 Å². The van der Waals surface area contributed by atoms with Gasteiger partial charge in [0, 0.05) is 32.8 Å². The second-order valence-electron chi connectivity index (χ2n) is 6.15. The average molecular weight is 362 g/mol. The van der Waals surface area contributed by atoms with E-state index in [1.807, 2.05) is 30.3 Å². The van der Waals surface area contributed by atoms with Crippen molar-refractivity contribution in [3.63, 3.8) is 0 Å². The van der Waals surface area contributed by atoms with Gasteiger partial charge in [-0.2, -0.15) is 4.31 Å². The van der Waals surface area contributed by atoms with Crippen molar-refractivity contribution < 1.29 is 17.9 Å². The molecule has 0 saturated carbocycles. The highest BCUT2D eigenvalue weighted by Gasteiger charge is 2.29. The summed E-state index contributed by atoms with van der Waals surface area (Å²) >= 11 is 0. The summed E-state index contributed by atoms with van der Waals surface area (Å²) in [6.07, 6.45) is 3.85. The predicted octanol–water partition coefficient (Wildman–Crippen LogP) is 2.21. The minimum absolute atomic E-state index is 0.145. The van der Waals surface area contributed by atoms with Gasteiger partial charge in [0.2, 0.25) is 10.0 Å². The maximum Gasteiger partial charge on any atom is 0.354 e. The molecule has 1 aromatic carbocycles. The zero-order valence-electron chi connectivity index (χ0n) is 14.2. The lowest BCUT2D eigenvalue weighted by atomic mass is 10.2. The quantitative estimate of drug-likeness (QED) is 0.739. The van der Waals surface area contributed by atoms with E-state index in [1.54, 1.807) is 7.05 Å². The Hall–Kier alpha value is -2.12. The summed E-state index contributed by atoms with van der Waals surface area (Å²) in [7, 11) is -1.88. The minimum atomic E-state index is -3.53. The van der Waals surface area contributed by atoms with Crippen molar-refractivity contribution in [1.82, 2.24) is 8.87 Å². The van der Waals surface area contributed by atoms with Crippen LogP contribution in [0.5, 0.6) is 0 Å². The largest absolute Gasteiger partial charge is 0.461 e. The van der Waals surface area contributed by atoms with Gasteiger partial charge in [-0.25, -0.2) is 13.2 Å². The number of esters is 1. The standard InChI is InChI=1S/C18H22N2O4S/c1-19-14-16(25(22,23)20-10-5-6-11-20)13-17(19)18(21)24-12-9-15-7-3-2-4-8-15/h2-4,7-8,13-14H,5-6,9-12H2,1H3. The fraction of sp³-hybridized carbons (Fsp3) is 0.389. The van der Waals surface area contributed by atoms with Crippen LogP contribution >= 0.6 is 0 Å². The SMILES string of the molecule is Cn1cc(S(=O)(=O)N2CCCC2)cc1C(=O)OCCc1ccccc1. The van der Waals surface area contributed by atoms with Crippen LogP contribution in [0, 0.1) is 0 Å². The lowest BCUT2D eigenvalue weighted by Crippen LogP contribution is -2.27. The maximum absolute atomic E-state index is 12.6. The molecule has 0 atom stereocenters. The Morgan fingerprint density at radius 2 is 1.84 bits per heavy atom. The molecule has 0 bridgehead atoms. The first-order valence-corrected chi connectivity index (χ1v) is 9.80. The average Bonchev–Trinajstić information content (AvgIpc) is 3.26. The Labute approximate surface area is 148 Å². The van der Waals surface area contributed by atoms with E-state index in [4.69, 9.17) is 4.74 Å². The molecule has 2 heterocycles. The Morgan fingerprint density at radius 3 is 2.52 bits per heavy atom. The molecule has 7 heteroatoms. The van der Waals surface area contributed by atoms with E-state index in [0.717, 1.165) is 18.4 Å². The number of hydrogen-bond acceptors (Lipinski definition) is 4. The number of rotatable bonds is 6. The monoisotopic (exact) mass is 362 g/mol. The van der Waals surface area contributed by atoms with E-state index in [0.29, 0.717) is 19.5 Å². The molecule has 1 aromatic heterocycles. The number of aromatic nitrogens is 1. The van der Waals surface area contributed by atoms with Gasteiger partial charge in [-0.3, -0.25) is 0 Å². The Bertz CT molecular complexity index is 837. The summed E-state index contributed by atoms with van der Waals surface area (Å²) in [6, 6.07) is 11.1. The molecule has 0 aliphatic carbocycles. The number of carbonyl (C=O) groups is 1. The Kier molecular flexibility index (Phi) is 5.24.